The zero-order valence-corrected chi connectivity index (χ0v) is 11.6. The van der Waals surface area contributed by atoms with Crippen molar-refractivity contribution in [3.8, 4) is 11.6 Å². The van der Waals surface area contributed by atoms with Crippen LogP contribution in [0.4, 0.5) is 5.69 Å². The van der Waals surface area contributed by atoms with Crippen LogP contribution in [0.1, 0.15) is 15.9 Å². The van der Waals surface area contributed by atoms with Crippen LogP contribution in [-0.4, -0.2) is 25.1 Å². The van der Waals surface area contributed by atoms with Crippen molar-refractivity contribution in [2.75, 3.05) is 19.5 Å². The number of hydrogen-bond acceptors (Lipinski definition) is 4. The second-order valence-corrected chi connectivity index (χ2v) is 4.22. The van der Waals surface area contributed by atoms with Crippen molar-refractivity contribution in [2.24, 2.45) is 0 Å². The Hall–Kier alpha value is -2.56. The number of nitrogens with one attached hydrogen (secondary N) is 1. The van der Waals surface area contributed by atoms with E-state index in [-0.39, 0.29) is 5.91 Å². The lowest BCUT2D eigenvalue weighted by atomic mass is 10.2. The Balaban J connectivity index is 2.30. The van der Waals surface area contributed by atoms with Crippen LogP contribution in [0.5, 0.6) is 11.6 Å². The van der Waals surface area contributed by atoms with E-state index in [9.17, 15) is 4.79 Å². The van der Waals surface area contributed by atoms with Gasteiger partial charge in [0.05, 0.1) is 19.8 Å². The number of ether oxygens (including phenoxy) is 2. The third-order valence-electron chi connectivity index (χ3n) is 2.78. The maximum atomic E-state index is 12.3. The number of para-hydroxylation sites is 1. The van der Waals surface area contributed by atoms with Gasteiger partial charge in [-0.25, -0.2) is 4.98 Å². The molecule has 2 rings (SSSR count). The van der Waals surface area contributed by atoms with Gasteiger partial charge in [0.1, 0.15) is 11.4 Å². The van der Waals surface area contributed by atoms with E-state index in [4.69, 9.17) is 9.47 Å². The molecule has 0 aliphatic rings. The van der Waals surface area contributed by atoms with Gasteiger partial charge >= 0.3 is 0 Å². The minimum absolute atomic E-state index is 0.270. The molecule has 0 fully saturated rings. The van der Waals surface area contributed by atoms with Gasteiger partial charge in [0, 0.05) is 6.20 Å². The molecule has 104 valence electrons. The van der Waals surface area contributed by atoms with Crippen LogP contribution in [0.15, 0.2) is 36.5 Å². The van der Waals surface area contributed by atoms with Crippen LogP contribution in [0.2, 0.25) is 0 Å². The minimum atomic E-state index is -0.270. The van der Waals surface area contributed by atoms with Crippen LogP contribution < -0.4 is 14.8 Å². The van der Waals surface area contributed by atoms with Gasteiger partial charge < -0.3 is 14.8 Å². The molecule has 0 unspecified atom stereocenters. The Morgan fingerprint density at radius 1 is 1.20 bits per heavy atom. The fraction of sp³-hybridized carbons (Fsp3) is 0.200. The summed E-state index contributed by atoms with van der Waals surface area (Å²) in [5, 5.41) is 2.79. The average molecular weight is 272 g/mol. The standard InChI is InChI=1S/C15H16N2O3/c1-10-8-12(15(20-3)16-9-10)17-14(18)11-6-4-5-7-13(11)19-2/h4-9H,1-3H3,(H,17,18). The van der Waals surface area contributed by atoms with E-state index in [1.54, 1.807) is 30.5 Å². The summed E-state index contributed by atoms with van der Waals surface area (Å²) >= 11 is 0. The van der Waals surface area contributed by atoms with Crippen LogP contribution in [0.25, 0.3) is 0 Å². The average Bonchev–Trinajstić information content (AvgIpc) is 2.47. The molecule has 0 saturated heterocycles. The number of carbonyl (C=O) groups is 1. The van der Waals surface area contributed by atoms with Gasteiger partial charge in [-0.1, -0.05) is 12.1 Å². The Morgan fingerprint density at radius 3 is 2.65 bits per heavy atom. The molecule has 0 saturated carbocycles. The first kappa shape index (κ1) is 13.9. The molecular weight excluding hydrogens is 256 g/mol. The number of methoxy groups -OCH3 is 2. The van der Waals surface area contributed by atoms with Crippen LogP contribution in [0.3, 0.4) is 0 Å². The van der Waals surface area contributed by atoms with E-state index in [2.05, 4.69) is 10.3 Å². The molecule has 0 aliphatic carbocycles. The van der Waals surface area contributed by atoms with Crippen LogP contribution >= 0.6 is 0 Å². The molecule has 1 aromatic carbocycles. The van der Waals surface area contributed by atoms with E-state index >= 15 is 0 Å². The fourth-order valence-electron chi connectivity index (χ4n) is 1.83. The Kier molecular flexibility index (Phi) is 4.20. The van der Waals surface area contributed by atoms with E-state index in [1.807, 2.05) is 13.0 Å². The zero-order chi connectivity index (χ0) is 14.5. The Morgan fingerprint density at radius 2 is 1.95 bits per heavy atom. The number of benzene rings is 1. The van der Waals surface area contributed by atoms with Crippen molar-refractivity contribution in [2.45, 2.75) is 6.92 Å². The fourth-order valence-corrected chi connectivity index (χ4v) is 1.83. The zero-order valence-electron chi connectivity index (χ0n) is 11.6. The normalized spacial score (nSPS) is 9.95. The summed E-state index contributed by atoms with van der Waals surface area (Å²) in [5.74, 6) is 0.622. The highest BCUT2D eigenvalue weighted by Gasteiger charge is 2.14. The maximum Gasteiger partial charge on any atom is 0.259 e. The summed E-state index contributed by atoms with van der Waals surface area (Å²) < 4.78 is 10.3. The number of carbonyl (C=O) groups excluding carboxylic acids is 1. The molecule has 20 heavy (non-hydrogen) atoms. The smallest absolute Gasteiger partial charge is 0.259 e. The number of aromatic nitrogens is 1. The molecule has 1 heterocycles. The quantitative estimate of drug-likeness (QED) is 0.929. The van der Waals surface area contributed by atoms with Gasteiger partial charge in [-0.3, -0.25) is 4.79 Å². The highest BCUT2D eigenvalue weighted by atomic mass is 16.5. The summed E-state index contributed by atoms with van der Waals surface area (Å²) in [4.78, 5) is 16.4. The van der Waals surface area contributed by atoms with Crippen molar-refractivity contribution in [1.29, 1.82) is 0 Å². The SMILES string of the molecule is COc1ccccc1C(=O)Nc1cc(C)cnc1OC. The molecule has 2 aromatic rings. The van der Waals surface area contributed by atoms with Gasteiger partial charge in [-0.05, 0) is 30.7 Å². The molecule has 0 spiro atoms. The van der Waals surface area contributed by atoms with Crippen LogP contribution in [0, 0.1) is 6.92 Å². The molecule has 1 N–H and O–H groups in total. The molecule has 0 bridgehead atoms. The van der Waals surface area contributed by atoms with Gasteiger partial charge in [0.15, 0.2) is 0 Å². The number of amides is 1. The molecular formula is C15H16N2O3. The molecule has 0 aliphatic heterocycles. The number of nitrogens with zero attached hydrogens (tertiary/aromatic N) is 1. The number of hydrogen-bond donors (Lipinski definition) is 1. The number of anilines is 1. The van der Waals surface area contributed by atoms with E-state index in [1.165, 1.54) is 14.2 Å². The molecule has 0 radical (unpaired) electrons. The lowest BCUT2D eigenvalue weighted by molar-refractivity contribution is 0.102. The highest BCUT2D eigenvalue weighted by molar-refractivity contribution is 6.06. The summed E-state index contributed by atoms with van der Waals surface area (Å²) in [7, 11) is 3.04. The van der Waals surface area contributed by atoms with Crippen molar-refractivity contribution < 1.29 is 14.3 Å². The summed E-state index contributed by atoms with van der Waals surface area (Å²) in [6.07, 6.45) is 1.68. The van der Waals surface area contributed by atoms with Gasteiger partial charge in [-0.2, -0.15) is 0 Å². The number of pyridine rings is 1. The molecule has 5 nitrogen and oxygen atoms in total. The largest absolute Gasteiger partial charge is 0.496 e. The lowest BCUT2D eigenvalue weighted by Crippen LogP contribution is -2.14. The van der Waals surface area contributed by atoms with Crippen molar-refractivity contribution in [1.82, 2.24) is 4.98 Å². The molecule has 0 atom stereocenters. The van der Waals surface area contributed by atoms with E-state index in [0.29, 0.717) is 22.9 Å². The van der Waals surface area contributed by atoms with Crippen molar-refractivity contribution >= 4 is 11.6 Å². The van der Waals surface area contributed by atoms with Gasteiger partial charge in [-0.15, -0.1) is 0 Å². The lowest BCUT2D eigenvalue weighted by Gasteiger charge is -2.11. The second-order valence-electron chi connectivity index (χ2n) is 4.22. The first-order valence-electron chi connectivity index (χ1n) is 6.10. The first-order chi connectivity index (χ1) is 9.65. The van der Waals surface area contributed by atoms with Crippen molar-refractivity contribution in [3.05, 3.63) is 47.7 Å². The third kappa shape index (κ3) is 2.88. The molecule has 1 aromatic heterocycles. The highest BCUT2D eigenvalue weighted by Crippen LogP contribution is 2.24. The predicted octanol–water partition coefficient (Wildman–Crippen LogP) is 2.66. The topological polar surface area (TPSA) is 60.5 Å². The maximum absolute atomic E-state index is 12.3. The molecule has 5 heteroatoms. The predicted molar refractivity (Wildman–Crippen MR) is 76.5 cm³/mol. The number of aryl methyl sites for hydroxylation is 1. The van der Waals surface area contributed by atoms with Gasteiger partial charge in [0.25, 0.3) is 5.91 Å². The summed E-state index contributed by atoms with van der Waals surface area (Å²) in [6.45, 7) is 1.89. The van der Waals surface area contributed by atoms with E-state index in [0.717, 1.165) is 5.56 Å². The van der Waals surface area contributed by atoms with E-state index < -0.39 is 0 Å². The number of rotatable bonds is 4. The van der Waals surface area contributed by atoms with Gasteiger partial charge in [0.2, 0.25) is 5.88 Å². The monoisotopic (exact) mass is 272 g/mol. The Labute approximate surface area is 117 Å². The minimum Gasteiger partial charge on any atom is -0.496 e. The van der Waals surface area contributed by atoms with Crippen LogP contribution in [-0.2, 0) is 0 Å². The summed E-state index contributed by atoms with van der Waals surface area (Å²) in [5.41, 5.74) is 1.92. The van der Waals surface area contributed by atoms with Crippen molar-refractivity contribution in [3.63, 3.8) is 0 Å². The summed E-state index contributed by atoms with van der Waals surface area (Å²) in [6, 6.07) is 8.83. The second kappa shape index (κ2) is 6.06. The first-order valence-corrected chi connectivity index (χ1v) is 6.10. The third-order valence-corrected chi connectivity index (χ3v) is 2.78. The Bertz CT molecular complexity index is 626. The molecule has 1 amide bonds.